The number of carboxylic acids is 1. The van der Waals surface area contributed by atoms with E-state index in [0.29, 0.717) is 21.9 Å². The van der Waals surface area contributed by atoms with Crippen molar-refractivity contribution in [3.05, 3.63) is 35.9 Å². The molecule has 0 saturated carbocycles. The number of unbranched alkanes of at least 4 members (excludes halogenated alkanes) is 1. The molecule has 0 spiro atoms. The SMILES string of the molecule is CSC(=S)SC(C)(C#N)CCC(=O)NCCCCC1NC(=O)C(Cc2ccccc2)NC(=O)CNC(=O)C(CC(=O)O)NC(=O)C(CCCNC(=N)N)NC1=O. The molecule has 0 bridgehead atoms. The summed E-state index contributed by atoms with van der Waals surface area (Å²) in [5.41, 5.74) is 6.04. The summed E-state index contributed by atoms with van der Waals surface area (Å²) in [6.45, 7) is 1.45. The van der Waals surface area contributed by atoms with Gasteiger partial charge in [0.2, 0.25) is 35.4 Å². The smallest absolute Gasteiger partial charge is 0.305 e. The zero-order chi connectivity index (χ0) is 41.7. The second kappa shape index (κ2) is 24.5. The first kappa shape index (κ1) is 47.2. The molecular weight excluding hydrogens is 785 g/mol. The molecule has 1 aromatic rings. The van der Waals surface area contributed by atoms with Gasteiger partial charge in [0.25, 0.3) is 0 Å². The van der Waals surface area contributed by atoms with Gasteiger partial charge in [-0.2, -0.15) is 5.26 Å². The number of thiocarbonyl (C=S) groups is 1. The predicted molar refractivity (Wildman–Crippen MR) is 216 cm³/mol. The lowest BCUT2D eigenvalue weighted by molar-refractivity contribution is -0.141. The zero-order valence-electron chi connectivity index (χ0n) is 31.2. The molecule has 1 saturated heterocycles. The Labute approximate surface area is 339 Å². The van der Waals surface area contributed by atoms with Gasteiger partial charge in [-0.1, -0.05) is 54.3 Å². The van der Waals surface area contributed by atoms with Gasteiger partial charge in [-0.25, -0.2) is 0 Å². The number of carbonyl (C=O) groups is 7. The molecule has 1 fully saturated rings. The van der Waals surface area contributed by atoms with Crippen molar-refractivity contribution >= 4 is 86.6 Å². The third-order valence-electron chi connectivity index (χ3n) is 8.40. The molecule has 0 aromatic heterocycles. The van der Waals surface area contributed by atoms with Gasteiger partial charge in [0.1, 0.15) is 32.4 Å². The van der Waals surface area contributed by atoms with Crippen molar-refractivity contribution in [2.24, 2.45) is 5.73 Å². The highest BCUT2D eigenvalue weighted by Crippen LogP contribution is 2.33. The molecule has 6 amide bonds. The van der Waals surface area contributed by atoms with E-state index in [-0.39, 0.29) is 63.5 Å². The molecule has 5 atom stereocenters. The number of hydrogen-bond donors (Lipinski definition) is 10. The quantitative estimate of drug-likeness (QED) is 0.0420. The van der Waals surface area contributed by atoms with Crippen LogP contribution in [0.4, 0.5) is 0 Å². The number of guanidine groups is 1. The Morgan fingerprint density at radius 2 is 1.52 bits per heavy atom. The highest BCUT2D eigenvalue weighted by Gasteiger charge is 2.33. The average Bonchev–Trinajstić information content (AvgIpc) is 3.15. The highest BCUT2D eigenvalue weighted by molar-refractivity contribution is 8.47. The molecule has 0 aliphatic carbocycles. The molecule has 1 aliphatic heterocycles. The van der Waals surface area contributed by atoms with E-state index in [2.05, 4.69) is 43.3 Å². The molecule has 21 heteroatoms. The first-order chi connectivity index (χ1) is 26.5. The maximum absolute atomic E-state index is 13.9. The topological polar surface area (TPSA) is 298 Å². The summed E-state index contributed by atoms with van der Waals surface area (Å²) >= 11 is 7.80. The van der Waals surface area contributed by atoms with Gasteiger partial charge in [0.05, 0.1) is 19.0 Å². The monoisotopic (exact) mass is 834 g/mol. The molecule has 11 N–H and O–H groups in total. The Balaban J connectivity index is 2.30. The van der Waals surface area contributed by atoms with Crippen LogP contribution in [0.3, 0.4) is 0 Å². The maximum Gasteiger partial charge on any atom is 0.305 e. The Kier molecular flexibility index (Phi) is 20.7. The van der Waals surface area contributed by atoms with Crippen molar-refractivity contribution in [3.8, 4) is 6.07 Å². The predicted octanol–water partition coefficient (Wildman–Crippen LogP) is -0.234. The molecule has 1 heterocycles. The molecule has 56 heavy (non-hydrogen) atoms. The average molecular weight is 835 g/mol. The molecule has 18 nitrogen and oxygen atoms in total. The number of thioether (sulfide) groups is 2. The van der Waals surface area contributed by atoms with Crippen LogP contribution in [0.5, 0.6) is 0 Å². The third-order valence-corrected chi connectivity index (χ3v) is 11.1. The Bertz CT molecular complexity index is 1630. The fourth-order valence-corrected chi connectivity index (χ4v) is 7.41. The molecule has 5 unspecified atom stereocenters. The van der Waals surface area contributed by atoms with Gasteiger partial charge < -0.3 is 48.1 Å². The van der Waals surface area contributed by atoms with E-state index in [1.54, 1.807) is 37.3 Å². The molecular formula is C35H50N10O8S3. The minimum absolute atomic E-state index is 0.0204. The zero-order valence-corrected chi connectivity index (χ0v) is 33.7. The van der Waals surface area contributed by atoms with Crippen LogP contribution in [0.2, 0.25) is 0 Å². The normalized spacial score (nSPS) is 20.5. The Hall–Kier alpha value is -4.94. The standard InChI is InChI=1S/C35H50N10O8S3/c1-35(20-36,56-34(54)55-2)14-13-26(46)39-15-7-6-11-22-30(51)43-23(12-8-16-40-33(37)38)31(52)45-25(18-28(48)49)29(50)41-19-27(47)42-24(32(53)44-22)17-21-9-4-3-5-10-21/h3-5,9-10,22-25H,6-8,11-19H2,1-2H3,(H,39,46)(H,41,50)(H,42,47)(H,43,51)(H,44,53)(H,45,52)(H,48,49)(H4,37,38,40). The van der Waals surface area contributed by atoms with E-state index in [1.807, 2.05) is 6.26 Å². The van der Waals surface area contributed by atoms with Crippen molar-refractivity contribution < 1.29 is 38.7 Å². The number of benzene rings is 1. The number of rotatable bonds is 17. The number of carbonyl (C=O) groups excluding carboxylic acids is 6. The largest absolute Gasteiger partial charge is 0.481 e. The summed E-state index contributed by atoms with van der Waals surface area (Å²) in [4.78, 5) is 91.4. The van der Waals surface area contributed by atoms with E-state index in [9.17, 15) is 43.9 Å². The van der Waals surface area contributed by atoms with Crippen LogP contribution in [0, 0.1) is 16.7 Å². The molecule has 306 valence electrons. The number of nitrogens with one attached hydrogen (secondary N) is 8. The van der Waals surface area contributed by atoms with Crippen LogP contribution in [0.15, 0.2) is 30.3 Å². The number of hydrogen-bond acceptors (Lipinski definition) is 12. The summed E-state index contributed by atoms with van der Waals surface area (Å²) in [7, 11) is 0. The van der Waals surface area contributed by atoms with Crippen LogP contribution >= 0.6 is 35.7 Å². The van der Waals surface area contributed by atoms with Crippen LogP contribution in [0.25, 0.3) is 0 Å². The van der Waals surface area contributed by atoms with Crippen molar-refractivity contribution in [1.82, 2.24) is 37.2 Å². The van der Waals surface area contributed by atoms with Crippen LogP contribution in [-0.4, -0.2) is 111 Å². The Morgan fingerprint density at radius 3 is 2.11 bits per heavy atom. The Morgan fingerprint density at radius 1 is 0.929 bits per heavy atom. The lowest BCUT2D eigenvalue weighted by Gasteiger charge is -2.26. The number of aliphatic carboxylic acids is 1. The van der Waals surface area contributed by atoms with Gasteiger partial charge in [-0.3, -0.25) is 39.0 Å². The summed E-state index contributed by atoms with van der Waals surface area (Å²) in [5, 5.41) is 44.4. The van der Waals surface area contributed by atoms with E-state index in [1.165, 1.54) is 23.5 Å². The van der Waals surface area contributed by atoms with Gasteiger partial charge in [-0.15, -0.1) is 11.8 Å². The maximum atomic E-state index is 13.9. The second-order valence-corrected chi connectivity index (χ2v) is 16.5. The summed E-state index contributed by atoms with van der Waals surface area (Å²) < 4.78 is -0.271. The van der Waals surface area contributed by atoms with Crippen molar-refractivity contribution in [1.29, 1.82) is 10.7 Å². The summed E-state index contributed by atoms with van der Waals surface area (Å²) in [6.07, 6.45) is 2.30. The van der Waals surface area contributed by atoms with Gasteiger partial charge in [-0.05, 0) is 57.3 Å². The highest BCUT2D eigenvalue weighted by atomic mass is 32.2. The van der Waals surface area contributed by atoms with Crippen LogP contribution in [0.1, 0.15) is 63.9 Å². The van der Waals surface area contributed by atoms with E-state index in [4.69, 9.17) is 23.4 Å². The van der Waals surface area contributed by atoms with Crippen molar-refractivity contribution in [2.75, 3.05) is 25.9 Å². The first-order valence-corrected chi connectivity index (χ1v) is 20.3. The number of nitriles is 1. The third kappa shape index (κ3) is 18.1. The van der Waals surface area contributed by atoms with E-state index < -0.39 is 77.4 Å². The summed E-state index contributed by atoms with van der Waals surface area (Å²) in [6, 6.07) is 5.61. The van der Waals surface area contributed by atoms with Gasteiger partial charge in [0, 0.05) is 25.9 Å². The fraction of sp³-hybridized carbons (Fsp3) is 0.543. The lowest BCUT2D eigenvalue weighted by atomic mass is 10.0. The first-order valence-electron chi connectivity index (χ1n) is 17.8. The fourth-order valence-electron chi connectivity index (χ4n) is 5.36. The van der Waals surface area contributed by atoms with E-state index >= 15 is 0 Å². The van der Waals surface area contributed by atoms with Crippen LogP contribution in [-0.2, 0) is 40.0 Å². The minimum Gasteiger partial charge on any atom is -0.481 e. The number of nitrogens with zero attached hydrogens (tertiary/aromatic N) is 1. The number of amides is 6. The molecule has 2 rings (SSSR count). The van der Waals surface area contributed by atoms with Gasteiger partial charge in [0.15, 0.2) is 5.96 Å². The number of nitrogens with two attached hydrogens (primary N) is 1. The van der Waals surface area contributed by atoms with E-state index in [0.717, 1.165) is 0 Å². The second-order valence-electron chi connectivity index (χ2n) is 13.0. The van der Waals surface area contributed by atoms with Crippen molar-refractivity contribution in [2.45, 2.75) is 93.6 Å². The molecule has 1 aliphatic rings. The summed E-state index contributed by atoms with van der Waals surface area (Å²) in [5.74, 6) is -6.13. The lowest BCUT2D eigenvalue weighted by Crippen LogP contribution is -2.58. The number of carboxylic acid groups (broad SMARTS) is 1. The molecule has 0 radical (unpaired) electrons. The van der Waals surface area contributed by atoms with Crippen LogP contribution < -0.4 is 43.0 Å². The minimum atomic E-state index is -1.61. The molecule has 1 aromatic carbocycles. The van der Waals surface area contributed by atoms with Gasteiger partial charge >= 0.3 is 5.97 Å². The van der Waals surface area contributed by atoms with Crippen molar-refractivity contribution in [3.63, 3.8) is 0 Å².